The van der Waals surface area contributed by atoms with Crippen LogP contribution in [0.3, 0.4) is 0 Å². The summed E-state index contributed by atoms with van der Waals surface area (Å²) in [4.78, 5) is 30.6. The first kappa shape index (κ1) is 35.9. The molecule has 1 fully saturated rings. The van der Waals surface area contributed by atoms with Crippen molar-refractivity contribution in [3.05, 3.63) is 119 Å². The first-order valence-corrected chi connectivity index (χ1v) is 18.6. The second-order valence-electron chi connectivity index (χ2n) is 12.1. The van der Waals surface area contributed by atoms with Crippen LogP contribution in [0.4, 0.5) is 5.69 Å². The first-order chi connectivity index (χ1) is 23.7. The van der Waals surface area contributed by atoms with Crippen LogP contribution in [-0.2, 0) is 32.6 Å². The Morgan fingerprint density at radius 2 is 1.49 bits per heavy atom. The van der Waals surface area contributed by atoms with E-state index in [1.807, 2.05) is 54.6 Å². The average Bonchev–Trinajstić information content (AvgIpc) is 3.13. The Balaban J connectivity index is 1.60. The number of ether oxygens (including phenoxy) is 2. The molecule has 4 aromatic carbocycles. The summed E-state index contributed by atoms with van der Waals surface area (Å²) in [7, 11) is -1.39. The third-order valence-corrected chi connectivity index (χ3v) is 11.1. The zero-order valence-corrected chi connectivity index (χ0v) is 30.2. The number of hydrogen-bond donors (Lipinski definition) is 1. The van der Waals surface area contributed by atoms with Crippen LogP contribution in [0.15, 0.2) is 112 Å². The highest BCUT2D eigenvalue weighted by Crippen LogP contribution is 2.36. The van der Waals surface area contributed by atoms with E-state index in [0.717, 1.165) is 52.0 Å². The van der Waals surface area contributed by atoms with Gasteiger partial charge >= 0.3 is 0 Å². The second-order valence-corrected chi connectivity index (χ2v) is 14.8. The molecule has 0 aromatic heterocycles. The summed E-state index contributed by atoms with van der Waals surface area (Å²) >= 11 is 3.48. The lowest BCUT2D eigenvalue weighted by Gasteiger charge is -2.35. The van der Waals surface area contributed by atoms with E-state index in [4.69, 9.17) is 9.47 Å². The van der Waals surface area contributed by atoms with Gasteiger partial charge in [-0.1, -0.05) is 95.9 Å². The number of amides is 2. The first-order valence-electron chi connectivity index (χ1n) is 16.4. The molecule has 0 heterocycles. The van der Waals surface area contributed by atoms with Gasteiger partial charge in [0.15, 0.2) is 0 Å². The van der Waals surface area contributed by atoms with Crippen LogP contribution >= 0.6 is 15.9 Å². The number of rotatable bonds is 14. The van der Waals surface area contributed by atoms with E-state index in [-0.39, 0.29) is 41.2 Å². The standard InChI is InChI=1S/C38H42BrN3O6S/c1-47-32-22-23-36(48-2)34(25-32)42(49(45,46)33-16-10-5-11-17-33)27-37(43)41(26-29-18-20-30(39)21-19-29)35(24-28-12-6-3-7-13-28)38(44)40-31-14-8-4-9-15-31/h3,5-7,10-13,16-23,25,31,35H,4,8-9,14-15,24,26-27H2,1-2H3,(H,40,44)/t35-/m1/s1. The van der Waals surface area contributed by atoms with Gasteiger partial charge in [0.2, 0.25) is 11.8 Å². The molecule has 1 aliphatic rings. The third-order valence-electron chi connectivity index (χ3n) is 8.75. The molecule has 0 unspecified atom stereocenters. The predicted octanol–water partition coefficient (Wildman–Crippen LogP) is 6.75. The van der Waals surface area contributed by atoms with Crippen molar-refractivity contribution in [2.24, 2.45) is 0 Å². The minimum Gasteiger partial charge on any atom is -0.497 e. The fraction of sp³-hybridized carbons (Fsp3) is 0.316. The number of anilines is 1. The molecule has 49 heavy (non-hydrogen) atoms. The van der Waals surface area contributed by atoms with E-state index >= 15 is 0 Å². The summed E-state index contributed by atoms with van der Waals surface area (Å²) in [6.07, 6.45) is 5.20. The maximum atomic E-state index is 14.8. The summed E-state index contributed by atoms with van der Waals surface area (Å²) in [5.74, 6) is -0.190. The molecule has 0 bridgehead atoms. The van der Waals surface area contributed by atoms with Crippen LogP contribution in [-0.4, -0.2) is 58.0 Å². The Morgan fingerprint density at radius 1 is 0.837 bits per heavy atom. The molecule has 1 aliphatic carbocycles. The molecule has 1 saturated carbocycles. The quantitative estimate of drug-likeness (QED) is 0.153. The molecule has 2 amide bonds. The number of methoxy groups -OCH3 is 2. The highest BCUT2D eigenvalue weighted by molar-refractivity contribution is 9.10. The van der Waals surface area contributed by atoms with Crippen molar-refractivity contribution < 1.29 is 27.5 Å². The van der Waals surface area contributed by atoms with Gasteiger partial charge < -0.3 is 19.7 Å². The van der Waals surface area contributed by atoms with Gasteiger partial charge in [0.05, 0.1) is 24.8 Å². The Kier molecular flexibility index (Phi) is 12.4. The Labute approximate surface area is 297 Å². The average molecular weight is 749 g/mol. The number of halogens is 1. The Hall–Kier alpha value is -4.35. The van der Waals surface area contributed by atoms with Crippen molar-refractivity contribution in [2.75, 3.05) is 25.1 Å². The van der Waals surface area contributed by atoms with Crippen molar-refractivity contribution in [3.63, 3.8) is 0 Å². The maximum absolute atomic E-state index is 14.8. The SMILES string of the molecule is COc1ccc(OC)c(N(CC(=O)N(Cc2ccc(Br)cc2)[C@H](Cc2ccccc2)C(=O)NC2CCCCC2)S(=O)(=O)c2ccccc2)c1. The second kappa shape index (κ2) is 16.8. The molecule has 0 spiro atoms. The summed E-state index contributed by atoms with van der Waals surface area (Å²) < 4.78 is 41.7. The molecule has 1 atom stereocenters. The predicted molar refractivity (Wildman–Crippen MR) is 194 cm³/mol. The van der Waals surface area contributed by atoms with E-state index in [9.17, 15) is 18.0 Å². The van der Waals surface area contributed by atoms with E-state index in [2.05, 4.69) is 21.2 Å². The molecule has 0 aliphatic heterocycles. The number of nitrogens with one attached hydrogen (secondary N) is 1. The summed E-state index contributed by atoms with van der Waals surface area (Å²) in [5.41, 5.74) is 1.80. The number of hydrogen-bond acceptors (Lipinski definition) is 6. The molecule has 9 nitrogen and oxygen atoms in total. The van der Waals surface area contributed by atoms with E-state index in [0.29, 0.717) is 5.75 Å². The summed E-state index contributed by atoms with van der Waals surface area (Å²) in [6.45, 7) is -0.518. The summed E-state index contributed by atoms with van der Waals surface area (Å²) in [5, 5.41) is 3.24. The number of nitrogens with zero attached hydrogens (tertiary/aromatic N) is 2. The number of sulfonamides is 1. The Bertz CT molecular complexity index is 1800. The largest absolute Gasteiger partial charge is 0.497 e. The minimum absolute atomic E-state index is 0.00279. The molecular formula is C38H42BrN3O6S. The van der Waals surface area contributed by atoms with Crippen LogP contribution in [0.1, 0.15) is 43.2 Å². The van der Waals surface area contributed by atoms with Gasteiger partial charge in [-0.05, 0) is 60.4 Å². The molecule has 0 saturated heterocycles. The minimum atomic E-state index is -4.30. The van der Waals surface area contributed by atoms with Gasteiger partial charge in [-0.15, -0.1) is 0 Å². The van der Waals surface area contributed by atoms with E-state index in [1.54, 1.807) is 30.3 Å². The molecule has 1 N–H and O–H groups in total. The van der Waals surface area contributed by atoms with E-state index in [1.165, 1.54) is 37.3 Å². The highest BCUT2D eigenvalue weighted by Gasteiger charge is 2.36. The van der Waals surface area contributed by atoms with E-state index < -0.39 is 28.5 Å². The highest BCUT2D eigenvalue weighted by atomic mass is 79.9. The lowest BCUT2D eigenvalue weighted by atomic mass is 9.94. The fourth-order valence-electron chi connectivity index (χ4n) is 6.11. The van der Waals surface area contributed by atoms with Gasteiger partial charge in [0, 0.05) is 29.5 Å². The molecule has 0 radical (unpaired) electrons. The molecule has 258 valence electrons. The van der Waals surface area contributed by atoms with Gasteiger partial charge in [0.1, 0.15) is 24.1 Å². The van der Waals surface area contributed by atoms with Crippen molar-refractivity contribution >= 4 is 43.5 Å². The maximum Gasteiger partial charge on any atom is 0.264 e. The van der Waals surface area contributed by atoms with Gasteiger partial charge in [0.25, 0.3) is 10.0 Å². The van der Waals surface area contributed by atoms with Crippen molar-refractivity contribution in [1.29, 1.82) is 0 Å². The van der Waals surface area contributed by atoms with Crippen LogP contribution < -0.4 is 19.1 Å². The van der Waals surface area contributed by atoms with Gasteiger partial charge in [-0.2, -0.15) is 0 Å². The van der Waals surface area contributed by atoms with Crippen molar-refractivity contribution in [1.82, 2.24) is 10.2 Å². The van der Waals surface area contributed by atoms with Crippen LogP contribution in [0.2, 0.25) is 0 Å². The van der Waals surface area contributed by atoms with Gasteiger partial charge in [-0.3, -0.25) is 13.9 Å². The zero-order chi connectivity index (χ0) is 34.8. The lowest BCUT2D eigenvalue weighted by molar-refractivity contribution is -0.140. The number of benzene rings is 4. The Morgan fingerprint density at radius 3 is 2.12 bits per heavy atom. The molecular weight excluding hydrogens is 706 g/mol. The molecule has 11 heteroatoms. The van der Waals surface area contributed by atoms with Crippen LogP contribution in [0.5, 0.6) is 11.5 Å². The van der Waals surface area contributed by atoms with Crippen LogP contribution in [0.25, 0.3) is 0 Å². The smallest absolute Gasteiger partial charge is 0.264 e. The fourth-order valence-corrected chi connectivity index (χ4v) is 7.81. The van der Waals surface area contributed by atoms with Gasteiger partial charge in [-0.25, -0.2) is 8.42 Å². The number of carbonyl (C=O) groups excluding carboxylic acids is 2. The molecule has 5 rings (SSSR count). The third kappa shape index (κ3) is 9.21. The van der Waals surface area contributed by atoms with Crippen LogP contribution in [0, 0.1) is 0 Å². The normalized spacial score (nSPS) is 14.0. The lowest BCUT2D eigenvalue weighted by Crippen LogP contribution is -2.55. The number of carbonyl (C=O) groups is 2. The summed E-state index contributed by atoms with van der Waals surface area (Å²) in [6, 6.07) is 28.9. The molecule has 4 aromatic rings. The van der Waals surface area contributed by atoms with Crippen molar-refractivity contribution in [2.45, 2.75) is 62.0 Å². The van der Waals surface area contributed by atoms with Crippen molar-refractivity contribution in [3.8, 4) is 11.5 Å². The zero-order valence-electron chi connectivity index (χ0n) is 27.8. The monoisotopic (exact) mass is 747 g/mol. The topological polar surface area (TPSA) is 105 Å².